The first kappa shape index (κ1) is 19.4. The third-order valence-electron chi connectivity index (χ3n) is 3.03. The maximum Gasteiger partial charge on any atom is 0.410 e. The number of benzene rings is 1. The number of carbonyl (C=O) groups excluding carboxylic acids is 1. The lowest BCUT2D eigenvalue weighted by Crippen LogP contribution is -2.38. The zero-order valence-corrected chi connectivity index (χ0v) is 14.5. The van der Waals surface area contributed by atoms with Crippen molar-refractivity contribution in [3.05, 3.63) is 35.4 Å². The van der Waals surface area contributed by atoms with E-state index in [1.807, 2.05) is 27.7 Å². The smallest absolute Gasteiger partial charge is 0.410 e. The van der Waals surface area contributed by atoms with Gasteiger partial charge in [0.05, 0.1) is 0 Å². The van der Waals surface area contributed by atoms with Gasteiger partial charge < -0.3 is 15.0 Å². The van der Waals surface area contributed by atoms with Gasteiger partial charge in [0.1, 0.15) is 17.2 Å². The topological polar surface area (TPSA) is 41.6 Å². The molecule has 4 nitrogen and oxygen atoms in total. The van der Waals surface area contributed by atoms with E-state index in [-0.39, 0.29) is 12.0 Å². The van der Waals surface area contributed by atoms with Crippen LogP contribution in [0.25, 0.3) is 0 Å². The average molecular weight is 328 g/mol. The van der Waals surface area contributed by atoms with Crippen LogP contribution in [0.15, 0.2) is 18.2 Å². The van der Waals surface area contributed by atoms with Gasteiger partial charge in [-0.05, 0) is 50.9 Å². The van der Waals surface area contributed by atoms with Crippen LogP contribution >= 0.6 is 0 Å². The second-order valence-corrected chi connectivity index (χ2v) is 6.87. The predicted octanol–water partition coefficient (Wildman–Crippen LogP) is 3.56. The van der Waals surface area contributed by atoms with E-state index in [1.54, 1.807) is 7.05 Å². The molecule has 1 aromatic rings. The number of carbonyl (C=O) groups is 1. The Morgan fingerprint density at radius 2 is 1.83 bits per heavy atom. The van der Waals surface area contributed by atoms with Gasteiger partial charge in [0.2, 0.25) is 0 Å². The minimum atomic E-state index is -0.584. The Hall–Kier alpha value is -1.69. The van der Waals surface area contributed by atoms with Crippen molar-refractivity contribution in [3.8, 4) is 0 Å². The maximum atomic E-state index is 13.1. The second kappa shape index (κ2) is 8.24. The van der Waals surface area contributed by atoms with Crippen molar-refractivity contribution in [1.29, 1.82) is 0 Å². The van der Waals surface area contributed by atoms with E-state index in [4.69, 9.17) is 4.74 Å². The van der Waals surface area contributed by atoms with Crippen LogP contribution in [0.5, 0.6) is 0 Å². The lowest BCUT2D eigenvalue weighted by atomic mass is 10.1. The van der Waals surface area contributed by atoms with Gasteiger partial charge in [0, 0.05) is 26.2 Å². The molecule has 0 saturated heterocycles. The van der Waals surface area contributed by atoms with Crippen molar-refractivity contribution in [2.75, 3.05) is 20.1 Å². The van der Waals surface area contributed by atoms with Crippen LogP contribution in [-0.2, 0) is 11.3 Å². The number of hydrogen-bond acceptors (Lipinski definition) is 3. The first-order valence-corrected chi connectivity index (χ1v) is 7.66. The summed E-state index contributed by atoms with van der Waals surface area (Å²) in [5.74, 6) is -0.995. The zero-order chi connectivity index (χ0) is 17.6. The Balaban J connectivity index is 2.36. The quantitative estimate of drug-likeness (QED) is 0.868. The molecule has 0 saturated carbocycles. The summed E-state index contributed by atoms with van der Waals surface area (Å²) >= 11 is 0. The third kappa shape index (κ3) is 7.93. The highest BCUT2D eigenvalue weighted by atomic mass is 19.1. The largest absolute Gasteiger partial charge is 0.444 e. The first-order chi connectivity index (χ1) is 10.6. The molecule has 1 atom stereocenters. The Morgan fingerprint density at radius 3 is 2.35 bits per heavy atom. The summed E-state index contributed by atoms with van der Waals surface area (Å²) < 4.78 is 31.5. The molecule has 0 aromatic heterocycles. The summed E-state index contributed by atoms with van der Waals surface area (Å²) in [6.07, 6.45) is -0.364. The van der Waals surface area contributed by atoms with Gasteiger partial charge in [-0.25, -0.2) is 13.6 Å². The number of halogens is 2. The monoisotopic (exact) mass is 328 g/mol. The molecule has 1 amide bonds. The van der Waals surface area contributed by atoms with E-state index in [0.29, 0.717) is 25.2 Å². The molecule has 6 heteroatoms. The van der Waals surface area contributed by atoms with Crippen molar-refractivity contribution in [3.63, 3.8) is 0 Å². The normalized spacial score (nSPS) is 12.8. The van der Waals surface area contributed by atoms with E-state index in [0.717, 1.165) is 6.07 Å². The van der Waals surface area contributed by atoms with Gasteiger partial charge in [-0.15, -0.1) is 0 Å². The summed E-state index contributed by atoms with van der Waals surface area (Å²) in [6, 6.07) is 3.45. The SMILES string of the molecule is CC(CNCc1cc(F)cc(F)c1)CN(C)C(=O)OC(C)(C)C. The fraction of sp³-hybridized carbons (Fsp3) is 0.588. The molecule has 23 heavy (non-hydrogen) atoms. The van der Waals surface area contributed by atoms with Crippen LogP contribution in [0.3, 0.4) is 0 Å². The minimum absolute atomic E-state index is 0.172. The minimum Gasteiger partial charge on any atom is -0.444 e. The van der Waals surface area contributed by atoms with Crippen LogP contribution < -0.4 is 5.32 Å². The molecule has 1 N–H and O–H groups in total. The molecule has 0 spiro atoms. The van der Waals surface area contributed by atoms with E-state index in [9.17, 15) is 13.6 Å². The van der Waals surface area contributed by atoms with Crippen molar-refractivity contribution in [1.82, 2.24) is 10.2 Å². The number of rotatable bonds is 6. The predicted molar refractivity (Wildman–Crippen MR) is 86.1 cm³/mol. The van der Waals surface area contributed by atoms with E-state index >= 15 is 0 Å². The molecule has 1 rings (SSSR count). The first-order valence-electron chi connectivity index (χ1n) is 7.66. The van der Waals surface area contributed by atoms with Crippen LogP contribution in [0.2, 0.25) is 0 Å². The molecule has 1 unspecified atom stereocenters. The van der Waals surface area contributed by atoms with Crippen LogP contribution in [0, 0.1) is 17.6 Å². The van der Waals surface area contributed by atoms with Gasteiger partial charge in [-0.3, -0.25) is 0 Å². The van der Waals surface area contributed by atoms with E-state index in [1.165, 1.54) is 17.0 Å². The van der Waals surface area contributed by atoms with Crippen LogP contribution in [0.4, 0.5) is 13.6 Å². The number of hydrogen-bond donors (Lipinski definition) is 1. The number of nitrogens with zero attached hydrogens (tertiary/aromatic N) is 1. The maximum absolute atomic E-state index is 13.1. The molecule has 0 radical (unpaired) electrons. The summed E-state index contributed by atoms with van der Waals surface area (Å²) in [5, 5.41) is 3.14. The Kier molecular flexibility index (Phi) is 6.94. The molecule has 0 bridgehead atoms. The van der Waals surface area contributed by atoms with E-state index in [2.05, 4.69) is 5.32 Å². The standard InChI is InChI=1S/C17H26F2N2O2/c1-12(11-21(5)16(22)23-17(2,3)4)9-20-10-13-6-14(18)8-15(19)7-13/h6-8,12,20H,9-11H2,1-5H3. The van der Waals surface area contributed by atoms with Crippen LogP contribution in [-0.4, -0.2) is 36.7 Å². The highest BCUT2D eigenvalue weighted by Crippen LogP contribution is 2.10. The molecular formula is C17H26F2N2O2. The number of nitrogens with one attached hydrogen (secondary N) is 1. The van der Waals surface area contributed by atoms with Crippen molar-refractivity contribution in [2.45, 2.75) is 39.8 Å². The average Bonchev–Trinajstić information content (AvgIpc) is 2.35. The van der Waals surface area contributed by atoms with Gasteiger partial charge >= 0.3 is 6.09 Å². The lowest BCUT2D eigenvalue weighted by Gasteiger charge is -2.26. The Bertz CT molecular complexity index is 510. The highest BCUT2D eigenvalue weighted by molar-refractivity contribution is 5.67. The molecule has 0 aliphatic rings. The molecule has 0 heterocycles. The van der Waals surface area contributed by atoms with Crippen molar-refractivity contribution >= 4 is 6.09 Å². The number of amides is 1. The molecule has 0 aliphatic heterocycles. The highest BCUT2D eigenvalue weighted by Gasteiger charge is 2.20. The second-order valence-electron chi connectivity index (χ2n) is 6.87. The Labute approximate surface area is 136 Å². The van der Waals surface area contributed by atoms with Crippen molar-refractivity contribution in [2.24, 2.45) is 5.92 Å². The van der Waals surface area contributed by atoms with Crippen molar-refractivity contribution < 1.29 is 18.3 Å². The summed E-state index contributed by atoms with van der Waals surface area (Å²) in [6.45, 7) is 8.96. The third-order valence-corrected chi connectivity index (χ3v) is 3.03. The molecular weight excluding hydrogens is 302 g/mol. The molecule has 1 aromatic carbocycles. The van der Waals surface area contributed by atoms with Gasteiger partial charge in [-0.1, -0.05) is 6.92 Å². The zero-order valence-electron chi connectivity index (χ0n) is 14.5. The molecule has 0 aliphatic carbocycles. The molecule has 0 fully saturated rings. The van der Waals surface area contributed by atoms with Crippen LogP contribution in [0.1, 0.15) is 33.3 Å². The van der Waals surface area contributed by atoms with Gasteiger partial charge in [0.15, 0.2) is 0 Å². The fourth-order valence-corrected chi connectivity index (χ4v) is 2.12. The Morgan fingerprint density at radius 1 is 1.26 bits per heavy atom. The van der Waals surface area contributed by atoms with E-state index < -0.39 is 17.2 Å². The number of ether oxygens (including phenoxy) is 1. The summed E-state index contributed by atoms with van der Waals surface area (Å²) in [5.41, 5.74) is 0.0316. The van der Waals surface area contributed by atoms with Gasteiger partial charge in [0.25, 0.3) is 0 Å². The lowest BCUT2D eigenvalue weighted by molar-refractivity contribution is 0.0277. The summed E-state index contributed by atoms with van der Waals surface area (Å²) in [4.78, 5) is 13.4. The summed E-state index contributed by atoms with van der Waals surface area (Å²) in [7, 11) is 1.69. The molecule has 130 valence electrons. The van der Waals surface area contributed by atoms with Gasteiger partial charge in [-0.2, -0.15) is 0 Å². The fourth-order valence-electron chi connectivity index (χ4n) is 2.12.